The summed E-state index contributed by atoms with van der Waals surface area (Å²) in [7, 11) is 0. The Kier molecular flexibility index (Phi) is 7.14. The largest absolute Gasteiger partial charge is 0.327 e. The molecule has 0 N–H and O–H groups in total. The standard InChI is InChI=1S/C20H38O6/c1-8-19(21-10-16(3)4)23-12-18(13-24-19)14-25-20(9-2,26-15-18)22-11-17(5,6)7/h16H,8-15H2,1-7H3. The van der Waals surface area contributed by atoms with E-state index in [1.54, 1.807) is 0 Å². The van der Waals surface area contributed by atoms with Gasteiger partial charge in [0.2, 0.25) is 0 Å². The summed E-state index contributed by atoms with van der Waals surface area (Å²) >= 11 is 0. The summed E-state index contributed by atoms with van der Waals surface area (Å²) in [5.41, 5.74) is -0.265. The Labute approximate surface area is 158 Å². The zero-order chi connectivity index (χ0) is 19.5. The van der Waals surface area contributed by atoms with E-state index in [0.29, 0.717) is 58.4 Å². The Morgan fingerprint density at radius 1 is 0.808 bits per heavy atom. The zero-order valence-corrected chi connectivity index (χ0v) is 17.7. The van der Waals surface area contributed by atoms with Crippen molar-refractivity contribution in [3.8, 4) is 0 Å². The lowest BCUT2D eigenvalue weighted by Gasteiger charge is -2.50. The summed E-state index contributed by atoms with van der Waals surface area (Å²) in [5, 5.41) is 0. The summed E-state index contributed by atoms with van der Waals surface area (Å²) in [6.45, 7) is 17.7. The molecule has 154 valence electrons. The summed E-state index contributed by atoms with van der Waals surface area (Å²) in [6.07, 6.45) is 1.28. The first-order chi connectivity index (χ1) is 12.1. The van der Waals surface area contributed by atoms with Gasteiger partial charge < -0.3 is 28.4 Å². The van der Waals surface area contributed by atoms with E-state index in [0.717, 1.165) is 0 Å². The highest BCUT2D eigenvalue weighted by Gasteiger charge is 2.51. The van der Waals surface area contributed by atoms with Crippen molar-refractivity contribution < 1.29 is 28.4 Å². The molecule has 2 aliphatic heterocycles. The van der Waals surface area contributed by atoms with Crippen LogP contribution in [-0.2, 0) is 28.4 Å². The normalized spacial score (nSPS) is 36.0. The zero-order valence-electron chi connectivity index (χ0n) is 17.7. The van der Waals surface area contributed by atoms with E-state index in [1.165, 1.54) is 0 Å². The molecule has 2 aliphatic rings. The van der Waals surface area contributed by atoms with Gasteiger partial charge in [0.1, 0.15) is 0 Å². The van der Waals surface area contributed by atoms with Crippen molar-refractivity contribution in [3.63, 3.8) is 0 Å². The van der Waals surface area contributed by atoms with Crippen LogP contribution in [0, 0.1) is 16.7 Å². The molecule has 26 heavy (non-hydrogen) atoms. The minimum Gasteiger partial charge on any atom is -0.327 e. The smallest absolute Gasteiger partial charge is 0.282 e. The van der Waals surface area contributed by atoms with Crippen molar-refractivity contribution in [2.24, 2.45) is 16.7 Å². The van der Waals surface area contributed by atoms with Gasteiger partial charge in [-0.3, -0.25) is 0 Å². The minimum absolute atomic E-state index is 0.0512. The number of ether oxygens (including phenoxy) is 6. The Bertz CT molecular complexity index is 424. The van der Waals surface area contributed by atoms with E-state index in [9.17, 15) is 0 Å². The molecule has 2 saturated heterocycles. The molecule has 0 bridgehead atoms. The number of hydrogen-bond acceptors (Lipinski definition) is 6. The highest BCUT2D eigenvalue weighted by atomic mass is 16.9. The maximum Gasteiger partial charge on any atom is 0.282 e. The minimum atomic E-state index is -0.966. The molecule has 6 heteroatoms. The number of rotatable bonds is 7. The van der Waals surface area contributed by atoms with Gasteiger partial charge in [-0.2, -0.15) is 0 Å². The Morgan fingerprint density at radius 3 is 1.58 bits per heavy atom. The van der Waals surface area contributed by atoms with E-state index in [-0.39, 0.29) is 10.8 Å². The molecule has 2 fully saturated rings. The van der Waals surface area contributed by atoms with Crippen molar-refractivity contribution in [1.82, 2.24) is 0 Å². The average Bonchev–Trinajstić information content (AvgIpc) is 2.61. The molecular formula is C20H38O6. The highest BCUT2D eigenvalue weighted by molar-refractivity contribution is 4.87. The van der Waals surface area contributed by atoms with E-state index in [2.05, 4.69) is 34.6 Å². The van der Waals surface area contributed by atoms with Gasteiger partial charge in [-0.05, 0) is 11.3 Å². The van der Waals surface area contributed by atoms with Gasteiger partial charge in [-0.1, -0.05) is 48.5 Å². The first-order valence-corrected chi connectivity index (χ1v) is 9.91. The molecule has 0 aromatic rings. The van der Waals surface area contributed by atoms with Crippen LogP contribution in [-0.4, -0.2) is 51.6 Å². The molecule has 0 radical (unpaired) electrons. The van der Waals surface area contributed by atoms with Crippen LogP contribution in [0.3, 0.4) is 0 Å². The third kappa shape index (κ3) is 5.63. The molecule has 0 amide bonds. The van der Waals surface area contributed by atoms with Crippen molar-refractivity contribution in [2.45, 2.75) is 73.3 Å². The van der Waals surface area contributed by atoms with Gasteiger partial charge >= 0.3 is 0 Å². The third-order valence-corrected chi connectivity index (χ3v) is 4.62. The Balaban J connectivity index is 1.90. The van der Waals surface area contributed by atoms with Crippen molar-refractivity contribution in [1.29, 1.82) is 0 Å². The number of hydrogen-bond donors (Lipinski definition) is 0. The maximum absolute atomic E-state index is 6.06. The molecule has 0 unspecified atom stereocenters. The van der Waals surface area contributed by atoms with Crippen molar-refractivity contribution >= 4 is 0 Å². The van der Waals surface area contributed by atoms with E-state index >= 15 is 0 Å². The van der Waals surface area contributed by atoms with Crippen LogP contribution in [0.15, 0.2) is 0 Å². The molecule has 0 aromatic heterocycles. The quantitative estimate of drug-likeness (QED) is 0.673. The van der Waals surface area contributed by atoms with Crippen LogP contribution in [0.2, 0.25) is 0 Å². The van der Waals surface area contributed by atoms with Gasteiger partial charge in [0.05, 0.1) is 45.1 Å². The lowest BCUT2D eigenvalue weighted by Crippen LogP contribution is -2.60. The fourth-order valence-corrected chi connectivity index (χ4v) is 2.78. The van der Waals surface area contributed by atoms with Gasteiger partial charge in [-0.25, -0.2) is 0 Å². The van der Waals surface area contributed by atoms with Crippen LogP contribution < -0.4 is 0 Å². The van der Waals surface area contributed by atoms with Crippen LogP contribution in [0.1, 0.15) is 61.3 Å². The first kappa shape index (κ1) is 22.1. The molecule has 0 aliphatic carbocycles. The molecule has 2 rings (SSSR count). The molecule has 2 heterocycles. The SMILES string of the molecule is CCC1(OCC(C)C)OCC2(CO1)COC(CC)(OCC(C)(C)C)OC2. The lowest BCUT2D eigenvalue weighted by molar-refractivity contribution is -0.467. The fourth-order valence-electron chi connectivity index (χ4n) is 2.78. The summed E-state index contributed by atoms with van der Waals surface area (Å²) in [6, 6.07) is 0. The second kappa shape index (κ2) is 8.41. The molecule has 0 atom stereocenters. The highest BCUT2D eigenvalue weighted by Crippen LogP contribution is 2.40. The van der Waals surface area contributed by atoms with Gasteiger partial charge in [0.15, 0.2) is 0 Å². The van der Waals surface area contributed by atoms with Gasteiger partial charge in [-0.15, -0.1) is 0 Å². The van der Waals surface area contributed by atoms with E-state index in [4.69, 9.17) is 28.4 Å². The molecular weight excluding hydrogens is 336 g/mol. The first-order valence-electron chi connectivity index (χ1n) is 9.91. The predicted octanol–water partition coefficient (Wildman–Crippen LogP) is 3.93. The summed E-state index contributed by atoms with van der Waals surface area (Å²) in [4.78, 5) is 0. The van der Waals surface area contributed by atoms with Gasteiger partial charge in [0, 0.05) is 12.8 Å². The second-order valence-electron chi connectivity index (χ2n) is 9.28. The third-order valence-electron chi connectivity index (χ3n) is 4.62. The lowest BCUT2D eigenvalue weighted by atomic mass is 9.90. The predicted molar refractivity (Wildman–Crippen MR) is 98.5 cm³/mol. The summed E-state index contributed by atoms with van der Waals surface area (Å²) in [5.74, 6) is -1.49. The maximum atomic E-state index is 6.06. The molecule has 0 saturated carbocycles. The monoisotopic (exact) mass is 374 g/mol. The van der Waals surface area contributed by atoms with E-state index in [1.807, 2.05) is 13.8 Å². The fraction of sp³-hybridized carbons (Fsp3) is 1.00. The Morgan fingerprint density at radius 2 is 1.23 bits per heavy atom. The second-order valence-corrected chi connectivity index (χ2v) is 9.28. The van der Waals surface area contributed by atoms with Crippen LogP contribution in [0.4, 0.5) is 0 Å². The Hall–Kier alpha value is -0.240. The summed E-state index contributed by atoms with van der Waals surface area (Å²) < 4.78 is 36.1. The van der Waals surface area contributed by atoms with Crippen LogP contribution in [0.5, 0.6) is 0 Å². The van der Waals surface area contributed by atoms with Crippen molar-refractivity contribution in [2.75, 3.05) is 39.6 Å². The molecule has 1 spiro atoms. The van der Waals surface area contributed by atoms with Gasteiger partial charge in [0.25, 0.3) is 11.9 Å². The van der Waals surface area contributed by atoms with Crippen LogP contribution >= 0.6 is 0 Å². The molecule has 0 aromatic carbocycles. The van der Waals surface area contributed by atoms with Crippen molar-refractivity contribution in [3.05, 3.63) is 0 Å². The van der Waals surface area contributed by atoms with Crippen LogP contribution in [0.25, 0.3) is 0 Å². The average molecular weight is 375 g/mol. The molecule has 6 nitrogen and oxygen atoms in total. The topological polar surface area (TPSA) is 55.4 Å². The van der Waals surface area contributed by atoms with E-state index < -0.39 is 11.9 Å².